The zero-order chi connectivity index (χ0) is 20.5. The van der Waals surface area contributed by atoms with Crippen molar-refractivity contribution in [2.24, 2.45) is 11.0 Å². The van der Waals surface area contributed by atoms with Gasteiger partial charge in [-0.2, -0.15) is 5.10 Å². The minimum atomic E-state index is 0.118. The molecule has 4 heterocycles. The largest absolute Gasteiger partial charge is 0.368 e. The van der Waals surface area contributed by atoms with Gasteiger partial charge in [-0.15, -0.1) is 0 Å². The fourth-order valence-corrected chi connectivity index (χ4v) is 4.87. The number of hydrogen-bond donors (Lipinski definition) is 1. The van der Waals surface area contributed by atoms with Gasteiger partial charge in [0.15, 0.2) is 5.65 Å². The summed E-state index contributed by atoms with van der Waals surface area (Å²) >= 11 is 0. The monoisotopic (exact) mass is 399 g/mol. The first-order chi connectivity index (χ1) is 14.5. The van der Waals surface area contributed by atoms with Crippen LogP contribution in [0.2, 0.25) is 0 Å². The Morgan fingerprint density at radius 3 is 3.00 bits per heavy atom. The van der Waals surface area contributed by atoms with Gasteiger partial charge < -0.3 is 10.2 Å². The summed E-state index contributed by atoms with van der Waals surface area (Å²) in [6.07, 6.45) is 18.0. The maximum Gasteiger partial charge on any atom is 0.155 e. The molecule has 7 heteroatoms. The lowest BCUT2D eigenvalue weighted by Crippen LogP contribution is -2.31. The Morgan fingerprint density at radius 2 is 2.17 bits per heavy atom. The number of rotatable bonds is 4. The summed E-state index contributed by atoms with van der Waals surface area (Å²) in [5.41, 5.74) is 6.98. The van der Waals surface area contributed by atoms with Crippen LogP contribution in [0.5, 0.6) is 0 Å². The molecular formula is C23H25N7. The number of hydrazone groups is 1. The molecule has 4 aliphatic rings. The van der Waals surface area contributed by atoms with Crippen LogP contribution in [0.1, 0.15) is 24.7 Å². The van der Waals surface area contributed by atoms with Crippen LogP contribution in [-0.2, 0) is 6.54 Å². The van der Waals surface area contributed by atoms with E-state index in [1.54, 1.807) is 0 Å². The normalized spacial score (nSPS) is 26.4. The van der Waals surface area contributed by atoms with E-state index in [4.69, 9.17) is 0 Å². The molecule has 0 amide bonds. The molecule has 2 aliphatic carbocycles. The molecule has 1 spiro atoms. The van der Waals surface area contributed by atoms with E-state index in [1.807, 2.05) is 18.6 Å². The van der Waals surface area contributed by atoms with Crippen molar-refractivity contribution in [2.75, 3.05) is 20.6 Å². The number of imidazole rings is 1. The first-order valence-corrected chi connectivity index (χ1v) is 10.4. The Bertz CT molecular complexity index is 1210. The molecule has 7 nitrogen and oxygen atoms in total. The number of fused-ring (bicyclic) bond motifs is 1. The molecule has 2 atom stereocenters. The lowest BCUT2D eigenvalue weighted by Gasteiger charge is -2.25. The Morgan fingerprint density at radius 1 is 1.27 bits per heavy atom. The van der Waals surface area contributed by atoms with E-state index in [-0.39, 0.29) is 5.54 Å². The summed E-state index contributed by atoms with van der Waals surface area (Å²) in [7, 11) is 4.16. The van der Waals surface area contributed by atoms with E-state index in [0.29, 0.717) is 5.92 Å². The summed E-state index contributed by atoms with van der Waals surface area (Å²) in [4.78, 5) is 11.4. The van der Waals surface area contributed by atoms with Crippen LogP contribution in [0.3, 0.4) is 0 Å². The Hall–Kier alpha value is -3.35. The predicted octanol–water partition coefficient (Wildman–Crippen LogP) is 2.57. The van der Waals surface area contributed by atoms with E-state index >= 15 is 0 Å². The quantitative estimate of drug-likeness (QED) is 0.856. The molecule has 0 aromatic carbocycles. The average Bonchev–Trinajstić information content (AvgIpc) is 3.22. The van der Waals surface area contributed by atoms with Gasteiger partial charge in [-0.3, -0.25) is 14.4 Å². The second kappa shape index (κ2) is 6.08. The van der Waals surface area contributed by atoms with E-state index in [1.165, 1.54) is 16.7 Å². The molecule has 152 valence electrons. The molecule has 1 N–H and O–H groups in total. The van der Waals surface area contributed by atoms with Gasteiger partial charge in [-0.05, 0) is 31.1 Å². The zero-order valence-corrected chi connectivity index (χ0v) is 17.5. The molecule has 1 fully saturated rings. The van der Waals surface area contributed by atoms with Crippen molar-refractivity contribution in [3.8, 4) is 0 Å². The second-order valence-corrected chi connectivity index (χ2v) is 8.75. The SMILES string of the molecule is CC1=CC=C(N(C)Cc2cn3c(C4=CC5CC56C(=C4)C=NN6C)cnc3cn2)NC1. The van der Waals surface area contributed by atoms with Crippen LogP contribution in [0.15, 0.2) is 65.0 Å². The molecule has 2 unspecified atom stereocenters. The maximum absolute atomic E-state index is 4.64. The third-order valence-corrected chi connectivity index (χ3v) is 6.75. The number of nitrogens with zero attached hydrogens (tertiary/aromatic N) is 6. The van der Waals surface area contributed by atoms with E-state index in [0.717, 1.165) is 42.4 Å². The van der Waals surface area contributed by atoms with Crippen LogP contribution in [0, 0.1) is 5.92 Å². The first kappa shape index (κ1) is 17.5. The van der Waals surface area contributed by atoms with Crippen LogP contribution in [0.4, 0.5) is 0 Å². The van der Waals surface area contributed by atoms with Crippen molar-refractivity contribution < 1.29 is 0 Å². The fourth-order valence-electron chi connectivity index (χ4n) is 4.87. The fraction of sp³-hybridized carbons (Fsp3) is 0.348. The molecule has 0 bridgehead atoms. The number of allylic oxidation sites excluding steroid dienone is 4. The van der Waals surface area contributed by atoms with Crippen molar-refractivity contribution in [1.29, 1.82) is 0 Å². The topological polar surface area (TPSA) is 61.1 Å². The van der Waals surface area contributed by atoms with E-state index in [2.05, 4.69) is 86.2 Å². The lowest BCUT2D eigenvalue weighted by atomic mass is 9.94. The molecule has 2 aromatic rings. The summed E-state index contributed by atoms with van der Waals surface area (Å²) in [6.45, 7) is 3.74. The molecule has 2 aliphatic heterocycles. The number of dihydropyridines is 1. The van der Waals surface area contributed by atoms with Gasteiger partial charge in [0.1, 0.15) is 5.82 Å². The Kier molecular flexibility index (Phi) is 3.54. The van der Waals surface area contributed by atoms with Gasteiger partial charge in [0.05, 0.1) is 42.1 Å². The summed E-state index contributed by atoms with van der Waals surface area (Å²) < 4.78 is 2.16. The van der Waals surface area contributed by atoms with Crippen LogP contribution >= 0.6 is 0 Å². The average molecular weight is 400 g/mol. The van der Waals surface area contributed by atoms with Crippen molar-refractivity contribution in [3.63, 3.8) is 0 Å². The molecule has 1 saturated carbocycles. The van der Waals surface area contributed by atoms with Gasteiger partial charge in [0.25, 0.3) is 0 Å². The summed E-state index contributed by atoms with van der Waals surface area (Å²) in [5, 5.41) is 10.1. The number of hydrogen-bond acceptors (Lipinski definition) is 6. The zero-order valence-electron chi connectivity index (χ0n) is 17.5. The summed E-state index contributed by atoms with van der Waals surface area (Å²) in [6, 6.07) is 0. The lowest BCUT2D eigenvalue weighted by molar-refractivity contribution is 0.280. The van der Waals surface area contributed by atoms with Gasteiger partial charge in [0, 0.05) is 38.3 Å². The molecule has 6 rings (SSSR count). The predicted molar refractivity (Wildman–Crippen MR) is 117 cm³/mol. The third-order valence-electron chi connectivity index (χ3n) is 6.75. The minimum absolute atomic E-state index is 0.118. The highest BCUT2D eigenvalue weighted by atomic mass is 15.5. The maximum atomic E-state index is 4.64. The van der Waals surface area contributed by atoms with E-state index in [9.17, 15) is 0 Å². The van der Waals surface area contributed by atoms with Crippen LogP contribution in [0.25, 0.3) is 11.2 Å². The molecule has 30 heavy (non-hydrogen) atoms. The van der Waals surface area contributed by atoms with Crippen LogP contribution in [-0.4, -0.2) is 56.7 Å². The van der Waals surface area contributed by atoms with E-state index < -0.39 is 0 Å². The molecular weight excluding hydrogens is 374 g/mol. The molecule has 0 radical (unpaired) electrons. The van der Waals surface area contributed by atoms with Crippen molar-refractivity contribution in [3.05, 3.63) is 71.2 Å². The number of aromatic nitrogens is 3. The first-order valence-electron chi connectivity index (χ1n) is 10.4. The number of likely N-dealkylation sites (N-methyl/N-ethyl adjacent to an activating group) is 1. The minimum Gasteiger partial charge on any atom is -0.368 e. The highest BCUT2D eigenvalue weighted by molar-refractivity contribution is 5.93. The Balaban J connectivity index is 1.31. The highest BCUT2D eigenvalue weighted by Crippen LogP contribution is 2.59. The molecule has 2 aromatic heterocycles. The van der Waals surface area contributed by atoms with Crippen LogP contribution < -0.4 is 5.32 Å². The number of nitrogens with one attached hydrogen (secondary N) is 1. The standard InChI is InChI=1S/C23H25N7/c1-15-4-5-21(25-9-15)28(2)13-19-14-30-20(11-26-22(30)12-24-19)16-6-17-8-23(17)18(7-16)10-27-29(23)3/h4-7,10-12,14,17,25H,8-9,13H2,1-3H3. The Labute approximate surface area is 175 Å². The van der Waals surface area contributed by atoms with Crippen molar-refractivity contribution in [1.82, 2.24) is 29.6 Å². The van der Waals surface area contributed by atoms with Crippen molar-refractivity contribution >= 4 is 17.4 Å². The highest BCUT2D eigenvalue weighted by Gasteiger charge is 2.61. The van der Waals surface area contributed by atoms with Gasteiger partial charge in [-0.25, -0.2) is 4.98 Å². The van der Waals surface area contributed by atoms with Gasteiger partial charge >= 0.3 is 0 Å². The molecule has 0 saturated heterocycles. The van der Waals surface area contributed by atoms with Gasteiger partial charge in [-0.1, -0.05) is 17.7 Å². The van der Waals surface area contributed by atoms with Gasteiger partial charge in [0.2, 0.25) is 0 Å². The van der Waals surface area contributed by atoms with Crippen molar-refractivity contribution in [2.45, 2.75) is 25.4 Å². The summed E-state index contributed by atoms with van der Waals surface area (Å²) in [5.74, 6) is 1.64. The smallest absolute Gasteiger partial charge is 0.155 e. The second-order valence-electron chi connectivity index (χ2n) is 8.75. The third kappa shape index (κ3) is 2.47.